The highest BCUT2D eigenvalue weighted by molar-refractivity contribution is 5.68. The van der Waals surface area contributed by atoms with Gasteiger partial charge in [-0.25, -0.2) is 14.5 Å². The predicted octanol–water partition coefficient (Wildman–Crippen LogP) is 2.19. The number of nitrogens with zero attached hydrogens (tertiary/aromatic N) is 6. The molecule has 0 radical (unpaired) electrons. The van der Waals surface area contributed by atoms with Crippen LogP contribution < -0.4 is 0 Å². The van der Waals surface area contributed by atoms with Crippen molar-refractivity contribution < 1.29 is 14.5 Å². The fourth-order valence-electron chi connectivity index (χ4n) is 3.94. The molecule has 1 unspecified atom stereocenters. The zero-order valence-electron chi connectivity index (χ0n) is 15.4. The van der Waals surface area contributed by atoms with Crippen LogP contribution in [0.2, 0.25) is 0 Å². The van der Waals surface area contributed by atoms with Crippen LogP contribution in [0.1, 0.15) is 30.9 Å². The molecule has 2 aromatic rings. The lowest BCUT2D eigenvalue weighted by Gasteiger charge is -2.31. The van der Waals surface area contributed by atoms with E-state index >= 15 is 0 Å². The number of non-ortho nitro benzene ring substituents is 1. The van der Waals surface area contributed by atoms with Crippen LogP contribution in [0, 0.1) is 10.1 Å². The lowest BCUT2D eigenvalue weighted by Crippen LogP contribution is -2.46. The van der Waals surface area contributed by atoms with E-state index in [0.717, 1.165) is 37.9 Å². The number of carbonyl (C=O) groups excluding carboxylic acids is 1. The van der Waals surface area contributed by atoms with Crippen LogP contribution in [-0.4, -0.2) is 61.4 Å². The Morgan fingerprint density at radius 3 is 2.79 bits per heavy atom. The predicted molar refractivity (Wildman–Crippen MR) is 98.3 cm³/mol. The second-order valence-corrected chi connectivity index (χ2v) is 7.11. The molecule has 0 N–H and O–H groups in total. The monoisotopic (exact) mass is 386 g/mol. The summed E-state index contributed by atoms with van der Waals surface area (Å²) in [4.78, 5) is 31.0. The minimum atomic E-state index is -0.451. The Kier molecular flexibility index (Phi) is 5.20. The Labute approximate surface area is 161 Å². The van der Waals surface area contributed by atoms with Crippen molar-refractivity contribution >= 4 is 11.8 Å². The number of rotatable bonds is 5. The van der Waals surface area contributed by atoms with Crippen LogP contribution in [-0.2, 0) is 11.3 Å². The van der Waals surface area contributed by atoms with Gasteiger partial charge in [-0.3, -0.25) is 19.9 Å². The fourth-order valence-corrected chi connectivity index (χ4v) is 3.94. The summed E-state index contributed by atoms with van der Waals surface area (Å²) in [6.45, 7) is 2.51. The number of benzene rings is 1. The van der Waals surface area contributed by atoms with E-state index in [1.807, 2.05) is 4.68 Å². The number of hydrogen-bond acceptors (Lipinski definition) is 7. The molecule has 2 atom stereocenters. The molecule has 1 amide bonds. The van der Waals surface area contributed by atoms with Gasteiger partial charge in [-0.05, 0) is 37.0 Å². The van der Waals surface area contributed by atoms with Crippen LogP contribution in [0.25, 0.3) is 0 Å². The van der Waals surface area contributed by atoms with E-state index in [-0.39, 0.29) is 30.6 Å². The average molecular weight is 386 g/mol. The van der Waals surface area contributed by atoms with Crippen LogP contribution in [0.15, 0.2) is 36.9 Å². The molecule has 1 aromatic heterocycles. The van der Waals surface area contributed by atoms with Crippen LogP contribution in [0.5, 0.6) is 0 Å². The van der Waals surface area contributed by atoms with Crippen molar-refractivity contribution in [2.24, 2.45) is 0 Å². The normalized spacial score (nSPS) is 22.5. The number of nitro groups is 1. The Bertz CT molecular complexity index is 825. The second-order valence-electron chi connectivity index (χ2n) is 7.11. The maximum absolute atomic E-state index is 12.6. The van der Waals surface area contributed by atoms with Crippen molar-refractivity contribution in [3.8, 4) is 0 Å². The molecule has 2 aliphatic rings. The van der Waals surface area contributed by atoms with E-state index in [1.54, 1.807) is 29.7 Å². The van der Waals surface area contributed by atoms with E-state index < -0.39 is 4.92 Å². The minimum absolute atomic E-state index is 0.0191. The van der Waals surface area contributed by atoms with E-state index in [0.29, 0.717) is 6.54 Å². The molecule has 3 heterocycles. The first-order valence-corrected chi connectivity index (χ1v) is 9.37. The first-order chi connectivity index (χ1) is 13.6. The second kappa shape index (κ2) is 7.93. The third kappa shape index (κ3) is 3.81. The Balaban J connectivity index is 1.33. The van der Waals surface area contributed by atoms with Crippen molar-refractivity contribution in [2.75, 3.05) is 19.6 Å². The van der Waals surface area contributed by atoms with E-state index in [2.05, 4.69) is 15.0 Å². The first-order valence-electron chi connectivity index (χ1n) is 9.37. The number of ether oxygens (including phenoxy) is 1. The molecule has 0 saturated carbocycles. The zero-order valence-corrected chi connectivity index (χ0v) is 15.4. The van der Waals surface area contributed by atoms with Gasteiger partial charge in [0.2, 0.25) is 0 Å². The number of carbonyl (C=O) groups is 1. The first kappa shape index (κ1) is 18.4. The molecule has 0 spiro atoms. The van der Waals surface area contributed by atoms with Crippen LogP contribution in [0.4, 0.5) is 10.5 Å². The smallest absolute Gasteiger partial charge is 0.411 e. The molecule has 2 fully saturated rings. The largest absolute Gasteiger partial charge is 0.445 e. The molecule has 28 heavy (non-hydrogen) atoms. The summed E-state index contributed by atoms with van der Waals surface area (Å²) in [5.74, 6) is 0. The highest BCUT2D eigenvalue weighted by atomic mass is 16.6. The van der Waals surface area contributed by atoms with Gasteiger partial charge in [-0.2, -0.15) is 5.10 Å². The standard InChI is InChI=1S/C18H22N6O4/c25-18(28-11-14-3-5-15(6-4-14)24(26)27)22-8-1-2-17(22)21-9-7-16(10-21)23-13-19-12-20-23/h3-6,12-13,16-17H,1-2,7-11H2/t16-,17?/m0/s1. The average Bonchev–Trinajstić information content (AvgIpc) is 3.46. The summed E-state index contributed by atoms with van der Waals surface area (Å²) < 4.78 is 7.35. The van der Waals surface area contributed by atoms with Crippen LogP contribution >= 0.6 is 0 Å². The van der Waals surface area contributed by atoms with Crippen molar-refractivity contribution in [3.63, 3.8) is 0 Å². The Hall–Kier alpha value is -3.01. The van der Waals surface area contributed by atoms with Crippen molar-refractivity contribution in [3.05, 3.63) is 52.6 Å². The van der Waals surface area contributed by atoms with Crippen molar-refractivity contribution in [1.82, 2.24) is 24.6 Å². The molecular formula is C18H22N6O4. The van der Waals surface area contributed by atoms with Gasteiger partial charge in [0.05, 0.1) is 17.1 Å². The highest BCUT2D eigenvalue weighted by Gasteiger charge is 2.38. The Morgan fingerprint density at radius 2 is 2.07 bits per heavy atom. The van der Waals surface area contributed by atoms with Gasteiger partial charge < -0.3 is 4.74 Å². The van der Waals surface area contributed by atoms with Gasteiger partial charge in [-0.1, -0.05) is 0 Å². The van der Waals surface area contributed by atoms with Crippen LogP contribution in [0.3, 0.4) is 0 Å². The maximum atomic E-state index is 12.6. The van der Waals surface area contributed by atoms with E-state index in [1.165, 1.54) is 12.1 Å². The molecule has 10 nitrogen and oxygen atoms in total. The molecule has 10 heteroatoms. The third-order valence-electron chi connectivity index (χ3n) is 5.39. The summed E-state index contributed by atoms with van der Waals surface area (Å²) in [5.41, 5.74) is 0.743. The van der Waals surface area contributed by atoms with Gasteiger partial charge in [0, 0.05) is 31.8 Å². The molecule has 2 aliphatic heterocycles. The summed E-state index contributed by atoms with van der Waals surface area (Å²) >= 11 is 0. The third-order valence-corrected chi connectivity index (χ3v) is 5.39. The maximum Gasteiger partial charge on any atom is 0.411 e. The SMILES string of the molecule is O=C(OCc1ccc([N+](=O)[O-])cc1)N1CCCC1N1CC[C@H](n2cncn2)C1. The van der Waals surface area contributed by atoms with Crippen molar-refractivity contribution in [1.29, 1.82) is 0 Å². The molecule has 1 aromatic carbocycles. The van der Waals surface area contributed by atoms with E-state index in [4.69, 9.17) is 4.74 Å². The van der Waals surface area contributed by atoms with Gasteiger partial charge in [0.1, 0.15) is 19.3 Å². The molecule has 2 saturated heterocycles. The van der Waals surface area contributed by atoms with Crippen molar-refractivity contribution in [2.45, 2.75) is 38.1 Å². The number of hydrogen-bond donors (Lipinski definition) is 0. The van der Waals surface area contributed by atoms with Gasteiger partial charge >= 0.3 is 6.09 Å². The lowest BCUT2D eigenvalue weighted by molar-refractivity contribution is -0.384. The topological polar surface area (TPSA) is 107 Å². The number of amides is 1. The van der Waals surface area contributed by atoms with Gasteiger partial charge in [0.15, 0.2) is 0 Å². The number of aromatic nitrogens is 3. The molecule has 4 rings (SSSR count). The van der Waals surface area contributed by atoms with E-state index in [9.17, 15) is 14.9 Å². The zero-order chi connectivity index (χ0) is 19.5. The van der Waals surface area contributed by atoms with Gasteiger partial charge in [0.25, 0.3) is 5.69 Å². The Morgan fingerprint density at radius 1 is 1.25 bits per heavy atom. The molecule has 148 valence electrons. The highest BCUT2D eigenvalue weighted by Crippen LogP contribution is 2.29. The number of nitro benzene ring substituents is 1. The summed E-state index contributed by atoms with van der Waals surface area (Å²) in [6, 6.07) is 6.32. The fraction of sp³-hybridized carbons (Fsp3) is 0.500. The van der Waals surface area contributed by atoms with Gasteiger partial charge in [-0.15, -0.1) is 0 Å². The quantitative estimate of drug-likeness (QED) is 0.573. The lowest BCUT2D eigenvalue weighted by atomic mass is 10.2. The molecular weight excluding hydrogens is 364 g/mol. The molecule has 0 aliphatic carbocycles. The summed E-state index contributed by atoms with van der Waals surface area (Å²) in [7, 11) is 0. The minimum Gasteiger partial charge on any atom is -0.445 e. The molecule has 0 bridgehead atoms. The summed E-state index contributed by atoms with van der Waals surface area (Å²) in [5, 5.41) is 14.9. The number of likely N-dealkylation sites (tertiary alicyclic amines) is 2. The summed E-state index contributed by atoms with van der Waals surface area (Å²) in [6.07, 6.45) is 5.83.